The molecule has 2 aromatic heterocycles. The molecule has 0 saturated heterocycles. The lowest BCUT2D eigenvalue weighted by Crippen LogP contribution is -2.12. The number of nitrogens with one attached hydrogen (secondary N) is 2. The summed E-state index contributed by atoms with van der Waals surface area (Å²) in [7, 11) is 1.45. The van der Waals surface area contributed by atoms with E-state index in [0.717, 1.165) is 12.3 Å². The van der Waals surface area contributed by atoms with Crippen LogP contribution in [0.15, 0.2) is 42.6 Å². The van der Waals surface area contributed by atoms with Gasteiger partial charge in [0.15, 0.2) is 5.82 Å². The third kappa shape index (κ3) is 5.13. The predicted molar refractivity (Wildman–Crippen MR) is 105 cm³/mol. The molecule has 0 saturated carbocycles. The fourth-order valence-corrected chi connectivity index (χ4v) is 2.62. The lowest BCUT2D eigenvalue weighted by atomic mass is 10.2. The van der Waals surface area contributed by atoms with Crippen molar-refractivity contribution in [3.05, 3.63) is 54.1 Å². The van der Waals surface area contributed by atoms with Gasteiger partial charge in [-0.1, -0.05) is 0 Å². The molecule has 0 unspecified atom stereocenters. The second-order valence-corrected chi connectivity index (χ2v) is 6.66. The fourth-order valence-electron chi connectivity index (χ4n) is 2.62. The number of ether oxygens (including phenoxy) is 1. The van der Waals surface area contributed by atoms with Crippen LogP contribution in [0.2, 0.25) is 0 Å². The summed E-state index contributed by atoms with van der Waals surface area (Å²) in [6, 6.07) is 7.91. The van der Waals surface area contributed by atoms with Crippen molar-refractivity contribution in [1.82, 2.24) is 15.0 Å². The summed E-state index contributed by atoms with van der Waals surface area (Å²) in [5.41, 5.74) is -0.819. The van der Waals surface area contributed by atoms with E-state index in [1.807, 2.05) is 13.8 Å². The van der Waals surface area contributed by atoms with E-state index in [4.69, 9.17) is 4.74 Å². The number of anilines is 3. The van der Waals surface area contributed by atoms with Gasteiger partial charge >= 0.3 is 6.18 Å². The van der Waals surface area contributed by atoms with Crippen molar-refractivity contribution in [1.29, 1.82) is 0 Å². The largest absolute Gasteiger partial charge is 0.497 e. The maximum absolute atomic E-state index is 14.4. The molecule has 0 spiro atoms. The second-order valence-electron chi connectivity index (χ2n) is 6.66. The molecule has 158 valence electrons. The first-order valence-electron chi connectivity index (χ1n) is 8.95. The van der Waals surface area contributed by atoms with Crippen LogP contribution in [0.5, 0.6) is 5.75 Å². The van der Waals surface area contributed by atoms with Crippen LogP contribution in [0.3, 0.4) is 0 Å². The van der Waals surface area contributed by atoms with Crippen molar-refractivity contribution in [2.75, 3.05) is 17.7 Å². The Hall–Kier alpha value is -3.43. The summed E-state index contributed by atoms with van der Waals surface area (Å²) >= 11 is 0. The molecule has 6 nitrogen and oxygen atoms in total. The van der Waals surface area contributed by atoms with Gasteiger partial charge in [0, 0.05) is 24.0 Å². The van der Waals surface area contributed by atoms with Crippen molar-refractivity contribution in [3.63, 3.8) is 0 Å². The first-order valence-corrected chi connectivity index (χ1v) is 8.95. The van der Waals surface area contributed by atoms with Gasteiger partial charge in [-0.15, -0.1) is 0 Å². The SMILES string of the molecule is COc1ccc(F)c(-c2nc(Nc3ccnc(C(F)(F)F)c3)cc(NC(C)C)n2)c1. The summed E-state index contributed by atoms with van der Waals surface area (Å²) in [6.45, 7) is 3.78. The molecule has 0 atom stereocenters. The van der Waals surface area contributed by atoms with Crippen LogP contribution in [0.1, 0.15) is 19.5 Å². The van der Waals surface area contributed by atoms with Gasteiger partial charge in [0.2, 0.25) is 0 Å². The fraction of sp³-hybridized carbons (Fsp3) is 0.250. The maximum Gasteiger partial charge on any atom is 0.433 e. The molecule has 30 heavy (non-hydrogen) atoms. The zero-order chi connectivity index (χ0) is 21.9. The number of methoxy groups -OCH3 is 1. The van der Waals surface area contributed by atoms with E-state index in [0.29, 0.717) is 11.6 Å². The number of pyridine rings is 1. The number of rotatable bonds is 6. The third-order valence-electron chi connectivity index (χ3n) is 3.90. The molecule has 10 heteroatoms. The van der Waals surface area contributed by atoms with Gasteiger partial charge in [0.05, 0.1) is 12.7 Å². The van der Waals surface area contributed by atoms with Gasteiger partial charge in [-0.3, -0.25) is 4.98 Å². The number of aromatic nitrogens is 3. The number of alkyl halides is 3. The zero-order valence-corrected chi connectivity index (χ0v) is 16.4. The molecule has 0 bridgehead atoms. The van der Waals surface area contributed by atoms with E-state index in [2.05, 4.69) is 25.6 Å². The van der Waals surface area contributed by atoms with E-state index in [1.165, 1.54) is 37.4 Å². The van der Waals surface area contributed by atoms with E-state index < -0.39 is 17.7 Å². The Bertz CT molecular complexity index is 1040. The van der Waals surface area contributed by atoms with Crippen molar-refractivity contribution < 1.29 is 22.3 Å². The number of benzene rings is 1. The van der Waals surface area contributed by atoms with Gasteiger partial charge in [-0.05, 0) is 44.2 Å². The number of hydrogen-bond acceptors (Lipinski definition) is 6. The van der Waals surface area contributed by atoms with Crippen molar-refractivity contribution in [2.45, 2.75) is 26.1 Å². The minimum absolute atomic E-state index is 0.00788. The van der Waals surface area contributed by atoms with Crippen LogP contribution >= 0.6 is 0 Å². The van der Waals surface area contributed by atoms with E-state index in [1.54, 1.807) is 0 Å². The molecule has 0 fully saturated rings. The van der Waals surface area contributed by atoms with Crippen LogP contribution in [0.4, 0.5) is 34.9 Å². The van der Waals surface area contributed by atoms with Crippen LogP contribution in [-0.4, -0.2) is 28.1 Å². The normalized spacial score (nSPS) is 11.5. The molecule has 1 aromatic carbocycles. The topological polar surface area (TPSA) is 72.0 Å². The molecule has 2 heterocycles. The maximum atomic E-state index is 14.4. The third-order valence-corrected chi connectivity index (χ3v) is 3.90. The molecular formula is C20H19F4N5O. The molecular weight excluding hydrogens is 402 g/mol. The molecule has 3 aromatic rings. The second kappa shape index (κ2) is 8.52. The lowest BCUT2D eigenvalue weighted by molar-refractivity contribution is -0.141. The van der Waals surface area contributed by atoms with Gasteiger partial charge in [0.25, 0.3) is 0 Å². The van der Waals surface area contributed by atoms with Crippen molar-refractivity contribution in [2.24, 2.45) is 0 Å². The highest BCUT2D eigenvalue weighted by molar-refractivity contribution is 5.66. The Labute approximate surface area is 170 Å². The Morgan fingerprint density at radius 1 is 1.00 bits per heavy atom. The Morgan fingerprint density at radius 3 is 2.40 bits per heavy atom. The van der Waals surface area contributed by atoms with E-state index in [9.17, 15) is 17.6 Å². The Morgan fingerprint density at radius 2 is 1.73 bits per heavy atom. The smallest absolute Gasteiger partial charge is 0.433 e. The predicted octanol–water partition coefficient (Wildman–Crippen LogP) is 5.27. The lowest BCUT2D eigenvalue weighted by Gasteiger charge is -2.14. The Kier molecular flexibility index (Phi) is 6.04. The highest BCUT2D eigenvalue weighted by Crippen LogP contribution is 2.31. The van der Waals surface area contributed by atoms with Crippen LogP contribution in [-0.2, 0) is 6.18 Å². The van der Waals surface area contributed by atoms with E-state index in [-0.39, 0.29) is 28.9 Å². The highest BCUT2D eigenvalue weighted by Gasteiger charge is 2.32. The molecule has 0 amide bonds. The molecule has 0 aliphatic carbocycles. The first kappa shape index (κ1) is 21.3. The van der Waals surface area contributed by atoms with Crippen molar-refractivity contribution >= 4 is 17.3 Å². The number of hydrogen-bond donors (Lipinski definition) is 2. The molecule has 0 radical (unpaired) electrons. The molecule has 2 N–H and O–H groups in total. The average molecular weight is 421 g/mol. The summed E-state index contributed by atoms with van der Waals surface area (Å²) in [4.78, 5) is 11.9. The standard InChI is InChI=1S/C20H19F4N5O/c1-11(2)26-17-10-18(27-12-6-7-25-16(8-12)20(22,23)24)29-19(28-17)14-9-13(30-3)4-5-15(14)21/h4-11H,1-3H3,(H2,25,26,27,28,29). The first-order chi connectivity index (χ1) is 14.2. The quantitative estimate of drug-likeness (QED) is 0.529. The average Bonchev–Trinajstić information content (AvgIpc) is 2.67. The van der Waals surface area contributed by atoms with Gasteiger partial charge in [0.1, 0.15) is 28.9 Å². The molecule has 0 aliphatic rings. The van der Waals surface area contributed by atoms with Crippen LogP contribution in [0, 0.1) is 5.82 Å². The Balaban J connectivity index is 2.04. The number of halogens is 4. The van der Waals surface area contributed by atoms with Gasteiger partial charge in [-0.2, -0.15) is 13.2 Å². The van der Waals surface area contributed by atoms with Crippen LogP contribution in [0.25, 0.3) is 11.4 Å². The minimum Gasteiger partial charge on any atom is -0.497 e. The summed E-state index contributed by atoms with van der Waals surface area (Å²) in [5, 5.41) is 5.89. The van der Waals surface area contributed by atoms with Gasteiger partial charge in [-0.25, -0.2) is 14.4 Å². The molecule has 3 rings (SSSR count). The monoisotopic (exact) mass is 421 g/mol. The zero-order valence-electron chi connectivity index (χ0n) is 16.4. The summed E-state index contributed by atoms with van der Waals surface area (Å²) in [5.74, 6) is 0.460. The van der Waals surface area contributed by atoms with E-state index >= 15 is 0 Å². The minimum atomic E-state index is -4.58. The molecule has 0 aliphatic heterocycles. The van der Waals surface area contributed by atoms with Crippen molar-refractivity contribution in [3.8, 4) is 17.1 Å². The van der Waals surface area contributed by atoms with Crippen LogP contribution < -0.4 is 15.4 Å². The summed E-state index contributed by atoms with van der Waals surface area (Å²) < 4.78 is 58.4. The van der Waals surface area contributed by atoms with Gasteiger partial charge < -0.3 is 15.4 Å². The highest BCUT2D eigenvalue weighted by atomic mass is 19.4. The number of nitrogens with zero attached hydrogens (tertiary/aromatic N) is 3. The summed E-state index contributed by atoms with van der Waals surface area (Å²) in [6.07, 6.45) is -3.54.